The number of nitrogens with zero attached hydrogens (tertiary/aromatic N) is 3. The maximum Gasteiger partial charge on any atom is 0.416 e. The van der Waals surface area contributed by atoms with E-state index in [0.29, 0.717) is 24.1 Å². The second-order valence-electron chi connectivity index (χ2n) is 8.56. The van der Waals surface area contributed by atoms with E-state index < -0.39 is 28.5 Å². The number of hydrogen-bond donors (Lipinski definition) is 2. The van der Waals surface area contributed by atoms with E-state index in [1.54, 1.807) is 12.3 Å². The summed E-state index contributed by atoms with van der Waals surface area (Å²) < 4.78 is 42.4. The maximum atomic E-state index is 13.5. The topological polar surface area (TPSA) is 83.8 Å². The van der Waals surface area contributed by atoms with Crippen molar-refractivity contribution >= 4 is 28.6 Å². The molecule has 2 aromatic carbocycles. The van der Waals surface area contributed by atoms with Crippen molar-refractivity contribution in [2.24, 2.45) is 0 Å². The first-order valence-electron chi connectivity index (χ1n) is 10.7. The quantitative estimate of drug-likeness (QED) is 0.330. The molecule has 4 aromatic rings. The van der Waals surface area contributed by atoms with Crippen LogP contribution in [-0.4, -0.2) is 31.1 Å². The van der Waals surface area contributed by atoms with Crippen LogP contribution >= 0.6 is 11.8 Å². The van der Waals surface area contributed by atoms with Gasteiger partial charge in [0.05, 0.1) is 17.0 Å². The van der Waals surface area contributed by atoms with Gasteiger partial charge in [-0.1, -0.05) is 12.1 Å². The minimum atomic E-state index is -4.46. The average Bonchev–Trinajstić information content (AvgIpc) is 3.41. The van der Waals surface area contributed by atoms with E-state index in [1.165, 1.54) is 37.0 Å². The Morgan fingerprint density at radius 1 is 1.21 bits per heavy atom. The molecule has 2 heterocycles. The van der Waals surface area contributed by atoms with Gasteiger partial charge >= 0.3 is 12.1 Å². The smallest absolute Gasteiger partial charge is 0.416 e. The lowest BCUT2D eigenvalue weighted by molar-refractivity contribution is -0.152. The molecule has 0 aliphatic heterocycles. The predicted octanol–water partition coefficient (Wildman–Crippen LogP) is 5.93. The molecular weight excluding hydrogens is 465 g/mol. The molecule has 1 unspecified atom stereocenters. The summed E-state index contributed by atoms with van der Waals surface area (Å²) in [6.45, 7) is 1.44. The molecule has 1 aliphatic rings. The molecule has 176 valence electrons. The number of rotatable bonds is 6. The lowest BCUT2D eigenvalue weighted by Crippen LogP contribution is -2.47. The minimum absolute atomic E-state index is 0.159. The van der Waals surface area contributed by atoms with Gasteiger partial charge in [0.1, 0.15) is 11.2 Å². The highest BCUT2D eigenvalue weighted by Gasteiger charge is 2.46. The number of nitrogens with one attached hydrogen (secondary N) is 1. The third-order valence-corrected chi connectivity index (χ3v) is 7.80. The van der Waals surface area contributed by atoms with Gasteiger partial charge in [0.25, 0.3) is 0 Å². The Bertz CT molecular complexity index is 1360. The average molecular weight is 487 g/mol. The normalized spacial score (nSPS) is 16.4. The fourth-order valence-electron chi connectivity index (χ4n) is 4.52. The van der Waals surface area contributed by atoms with Crippen molar-refractivity contribution < 1.29 is 23.1 Å². The van der Waals surface area contributed by atoms with E-state index in [4.69, 9.17) is 0 Å². The molecule has 1 aliphatic carbocycles. The monoisotopic (exact) mass is 486 g/mol. The van der Waals surface area contributed by atoms with Crippen LogP contribution in [0.4, 0.5) is 13.2 Å². The zero-order valence-corrected chi connectivity index (χ0v) is 19.0. The molecule has 1 atom stereocenters. The Hall–Kier alpha value is -3.27. The van der Waals surface area contributed by atoms with Crippen LogP contribution in [0.15, 0.2) is 59.8 Å². The number of fused-ring (bicyclic) bond motifs is 1. The van der Waals surface area contributed by atoms with E-state index in [0.717, 1.165) is 22.2 Å². The highest BCUT2D eigenvalue weighted by atomic mass is 32.2. The molecule has 10 heteroatoms. The summed E-state index contributed by atoms with van der Waals surface area (Å²) in [5.41, 5.74) is 0.374. The number of carbonyl (C=O) groups is 1. The Morgan fingerprint density at radius 2 is 2.00 bits per heavy atom. The molecule has 5 rings (SSSR count). The first kappa shape index (κ1) is 22.5. The third kappa shape index (κ3) is 3.75. The van der Waals surface area contributed by atoms with Crippen LogP contribution in [0.5, 0.6) is 0 Å². The Morgan fingerprint density at radius 3 is 2.62 bits per heavy atom. The molecule has 1 fully saturated rings. The molecule has 2 aromatic heterocycles. The van der Waals surface area contributed by atoms with Crippen LogP contribution in [0.2, 0.25) is 0 Å². The Labute approximate surface area is 197 Å². The van der Waals surface area contributed by atoms with Gasteiger partial charge in [-0.2, -0.15) is 28.6 Å². The number of alkyl halides is 3. The largest absolute Gasteiger partial charge is 0.479 e. The van der Waals surface area contributed by atoms with E-state index in [-0.39, 0.29) is 5.56 Å². The molecule has 34 heavy (non-hydrogen) atoms. The predicted molar refractivity (Wildman–Crippen MR) is 122 cm³/mol. The lowest BCUT2D eigenvalue weighted by atomic mass is 9.76. The number of aromatic amines is 1. The highest BCUT2D eigenvalue weighted by Crippen LogP contribution is 2.45. The summed E-state index contributed by atoms with van der Waals surface area (Å²) in [6.07, 6.45) is 0.903. The molecule has 0 spiro atoms. The summed E-state index contributed by atoms with van der Waals surface area (Å²) in [5, 5.41) is 20.7. The van der Waals surface area contributed by atoms with E-state index in [2.05, 4.69) is 15.4 Å². The van der Waals surface area contributed by atoms with Crippen LogP contribution in [-0.2, 0) is 16.5 Å². The zero-order valence-electron chi connectivity index (χ0n) is 18.1. The number of thioether (sulfide) groups is 1. The highest BCUT2D eigenvalue weighted by molar-refractivity contribution is 7.99. The number of halogens is 3. The molecule has 1 saturated carbocycles. The van der Waals surface area contributed by atoms with Crippen molar-refractivity contribution in [3.8, 4) is 0 Å². The first-order valence-corrected chi connectivity index (χ1v) is 11.6. The summed E-state index contributed by atoms with van der Waals surface area (Å²) in [4.78, 5) is 12.8. The van der Waals surface area contributed by atoms with Gasteiger partial charge in [-0.15, -0.1) is 11.8 Å². The second kappa shape index (κ2) is 8.19. The van der Waals surface area contributed by atoms with Gasteiger partial charge < -0.3 is 9.67 Å². The maximum absolute atomic E-state index is 13.5. The molecule has 0 amide bonds. The van der Waals surface area contributed by atoms with Gasteiger partial charge in [0.2, 0.25) is 0 Å². The number of aliphatic carboxylic acids is 1. The van der Waals surface area contributed by atoms with Gasteiger partial charge in [-0.25, -0.2) is 4.79 Å². The number of aryl methyl sites for hydroxylation is 1. The van der Waals surface area contributed by atoms with Gasteiger partial charge in [0.15, 0.2) is 0 Å². The summed E-state index contributed by atoms with van der Waals surface area (Å²) in [7, 11) is 0. The van der Waals surface area contributed by atoms with E-state index >= 15 is 0 Å². The van der Waals surface area contributed by atoms with Crippen LogP contribution in [0.3, 0.4) is 0 Å². The minimum Gasteiger partial charge on any atom is -0.479 e. The summed E-state index contributed by atoms with van der Waals surface area (Å²) >= 11 is 1.37. The van der Waals surface area contributed by atoms with Crippen molar-refractivity contribution in [2.45, 2.75) is 48.0 Å². The molecule has 0 saturated heterocycles. The SMILES string of the molecule is Cc1ccc(C(Sc2ccc3c(ccn3C3(C(=O)O)CCC3)c2)c2cn[nH]n2)cc1C(F)(F)F. The molecule has 0 bridgehead atoms. The van der Waals surface area contributed by atoms with Gasteiger partial charge in [-0.05, 0) is 67.6 Å². The van der Waals surface area contributed by atoms with Crippen LogP contribution < -0.4 is 0 Å². The lowest BCUT2D eigenvalue weighted by Gasteiger charge is -2.39. The molecule has 2 N–H and O–H groups in total. The van der Waals surface area contributed by atoms with Crippen molar-refractivity contribution in [3.63, 3.8) is 0 Å². The Kier molecular flexibility index (Phi) is 5.43. The fraction of sp³-hybridized carbons (Fsp3) is 0.292. The Balaban J connectivity index is 1.52. The summed E-state index contributed by atoms with van der Waals surface area (Å²) in [5.74, 6) is -0.833. The van der Waals surface area contributed by atoms with Crippen LogP contribution in [0, 0.1) is 6.92 Å². The number of hydrogen-bond acceptors (Lipinski definition) is 4. The molecule has 6 nitrogen and oxygen atoms in total. The number of carboxylic acids is 1. The van der Waals surface area contributed by atoms with Crippen LogP contribution in [0.1, 0.15) is 46.9 Å². The van der Waals surface area contributed by atoms with Gasteiger partial charge in [-0.3, -0.25) is 0 Å². The van der Waals surface area contributed by atoms with Crippen molar-refractivity contribution in [1.82, 2.24) is 20.0 Å². The van der Waals surface area contributed by atoms with Crippen molar-refractivity contribution in [3.05, 3.63) is 77.2 Å². The van der Waals surface area contributed by atoms with Crippen LogP contribution in [0.25, 0.3) is 10.9 Å². The second-order valence-corrected chi connectivity index (χ2v) is 9.74. The van der Waals surface area contributed by atoms with E-state index in [9.17, 15) is 23.1 Å². The number of H-pyrrole nitrogens is 1. The zero-order chi connectivity index (χ0) is 24.1. The number of benzene rings is 2. The number of aromatic nitrogens is 4. The fourth-order valence-corrected chi connectivity index (χ4v) is 5.65. The molecule has 0 radical (unpaired) electrons. The number of carboxylic acid groups (broad SMARTS) is 1. The third-order valence-electron chi connectivity index (χ3n) is 6.53. The first-order chi connectivity index (χ1) is 16.2. The standard InChI is InChI=1S/C24H21F3N4O2S/c1-14-3-4-16(12-18(14)24(25,26)27)21(19-13-28-30-29-19)34-17-5-6-20-15(11-17)7-10-31(20)23(22(32)33)8-2-9-23/h3-7,10-13,21H,2,8-9H2,1H3,(H,32,33)(H,28,29,30). The van der Waals surface area contributed by atoms with E-state index in [1.807, 2.05) is 28.8 Å². The van der Waals surface area contributed by atoms with Crippen molar-refractivity contribution in [1.29, 1.82) is 0 Å². The van der Waals surface area contributed by atoms with Crippen molar-refractivity contribution in [2.75, 3.05) is 0 Å². The summed E-state index contributed by atoms with van der Waals surface area (Å²) in [6, 6.07) is 11.9. The van der Waals surface area contributed by atoms with Gasteiger partial charge in [0, 0.05) is 22.0 Å². The molecular formula is C24H21F3N4O2S.